The van der Waals surface area contributed by atoms with E-state index in [1.165, 1.54) is 18.3 Å². The fourth-order valence-corrected chi connectivity index (χ4v) is 2.81. The molecule has 0 atom stereocenters. The lowest BCUT2D eigenvalue weighted by Gasteiger charge is -2.11. The number of H-pyrrole nitrogens is 1. The molecule has 4 heterocycles. The summed E-state index contributed by atoms with van der Waals surface area (Å²) in [6, 6.07) is 8.58. The third-order valence-corrected chi connectivity index (χ3v) is 4.30. The van der Waals surface area contributed by atoms with Gasteiger partial charge in [-0.05, 0) is 24.3 Å². The number of halogens is 3. The lowest BCUT2D eigenvalue weighted by Crippen LogP contribution is -2.11. The van der Waals surface area contributed by atoms with E-state index < -0.39 is 11.9 Å². The Balaban J connectivity index is 1.72. The summed E-state index contributed by atoms with van der Waals surface area (Å²) in [6.45, 7) is 1.73. The molecule has 3 N–H and O–H groups in total. The zero-order chi connectivity index (χ0) is 22.0. The quantitative estimate of drug-likeness (QED) is 0.432. The number of hydrogen-bond donors (Lipinski definition) is 3. The summed E-state index contributed by atoms with van der Waals surface area (Å²) in [7, 11) is 0. The number of rotatable bonds is 5. The third-order valence-electron chi connectivity index (χ3n) is 4.30. The van der Waals surface area contributed by atoms with Crippen LogP contribution in [0.3, 0.4) is 0 Å². The van der Waals surface area contributed by atoms with Crippen molar-refractivity contribution in [2.45, 2.75) is 19.5 Å². The van der Waals surface area contributed by atoms with Crippen LogP contribution in [0.15, 0.2) is 48.8 Å². The molecule has 0 aliphatic carbocycles. The third kappa shape index (κ3) is 4.44. The summed E-state index contributed by atoms with van der Waals surface area (Å²) < 4.78 is 39.1. The van der Waals surface area contributed by atoms with E-state index in [9.17, 15) is 18.0 Å². The van der Waals surface area contributed by atoms with Crippen molar-refractivity contribution in [3.05, 3.63) is 54.5 Å². The number of alkyl halides is 3. The van der Waals surface area contributed by atoms with E-state index in [0.29, 0.717) is 34.8 Å². The molecule has 31 heavy (non-hydrogen) atoms. The highest BCUT2D eigenvalue weighted by Crippen LogP contribution is 2.30. The standard InChI is InChI=1S/C20H16F3N7O/c1-2-16(31)28-15-10-11(6-8-24-15)26-18-12-7-9-25-17(12)29-19(30-18)13-4-3-5-14(27-13)20(21,22)23/h3-10H,2H2,1H3,(H3,24,25,26,28,29,30,31). The Kier molecular flexibility index (Phi) is 5.24. The Hall–Kier alpha value is -4.02. The van der Waals surface area contributed by atoms with Gasteiger partial charge in [-0.2, -0.15) is 13.2 Å². The van der Waals surface area contributed by atoms with Gasteiger partial charge in [0, 0.05) is 30.6 Å². The van der Waals surface area contributed by atoms with Crippen molar-refractivity contribution >= 4 is 34.3 Å². The summed E-state index contributed by atoms with van der Waals surface area (Å²) in [4.78, 5) is 31.0. The Bertz CT molecular complexity index is 1250. The van der Waals surface area contributed by atoms with E-state index in [1.54, 1.807) is 31.3 Å². The highest BCUT2D eigenvalue weighted by molar-refractivity contribution is 5.92. The molecule has 0 spiro atoms. The zero-order valence-electron chi connectivity index (χ0n) is 16.2. The van der Waals surface area contributed by atoms with Crippen molar-refractivity contribution in [2.24, 2.45) is 0 Å². The van der Waals surface area contributed by atoms with Crippen LogP contribution in [0.2, 0.25) is 0 Å². The molecular weight excluding hydrogens is 411 g/mol. The number of hydrogen-bond acceptors (Lipinski definition) is 6. The minimum absolute atomic E-state index is 0.0139. The van der Waals surface area contributed by atoms with Crippen LogP contribution >= 0.6 is 0 Å². The molecule has 4 aromatic rings. The molecule has 1 amide bonds. The number of pyridine rings is 2. The second-order valence-corrected chi connectivity index (χ2v) is 6.50. The van der Waals surface area contributed by atoms with Crippen molar-refractivity contribution in [1.82, 2.24) is 24.9 Å². The zero-order valence-corrected chi connectivity index (χ0v) is 16.2. The molecule has 0 radical (unpaired) electrons. The number of nitrogens with zero attached hydrogens (tertiary/aromatic N) is 4. The molecule has 0 saturated heterocycles. The van der Waals surface area contributed by atoms with Crippen LogP contribution in [0.4, 0.5) is 30.5 Å². The average molecular weight is 427 g/mol. The van der Waals surface area contributed by atoms with E-state index in [1.807, 2.05) is 0 Å². The highest BCUT2D eigenvalue weighted by Gasteiger charge is 2.32. The molecule has 0 aliphatic rings. The van der Waals surface area contributed by atoms with Gasteiger partial charge in [0.1, 0.15) is 28.7 Å². The second kappa shape index (κ2) is 8.01. The molecule has 8 nitrogen and oxygen atoms in total. The number of anilines is 3. The van der Waals surface area contributed by atoms with Gasteiger partial charge < -0.3 is 15.6 Å². The van der Waals surface area contributed by atoms with Crippen LogP contribution in [0.25, 0.3) is 22.6 Å². The molecule has 158 valence electrons. The number of aromatic nitrogens is 5. The average Bonchev–Trinajstić information content (AvgIpc) is 3.22. The number of aromatic amines is 1. The summed E-state index contributed by atoms with van der Waals surface area (Å²) in [5, 5.41) is 6.40. The SMILES string of the molecule is CCC(=O)Nc1cc(Nc2nc(-c3cccc(C(F)(F)F)n3)nc3[nH]ccc23)ccn1. The van der Waals surface area contributed by atoms with E-state index >= 15 is 0 Å². The van der Waals surface area contributed by atoms with Crippen LogP contribution in [0.1, 0.15) is 19.0 Å². The molecule has 11 heteroatoms. The topological polar surface area (TPSA) is 108 Å². The predicted molar refractivity (Wildman–Crippen MR) is 109 cm³/mol. The molecule has 4 aromatic heterocycles. The minimum Gasteiger partial charge on any atom is -0.346 e. The first-order valence-electron chi connectivity index (χ1n) is 9.26. The normalized spacial score (nSPS) is 11.5. The van der Waals surface area contributed by atoms with Crippen LogP contribution in [-0.2, 0) is 11.0 Å². The van der Waals surface area contributed by atoms with Gasteiger partial charge in [-0.1, -0.05) is 13.0 Å². The molecule has 0 bridgehead atoms. The molecule has 4 rings (SSSR count). The maximum Gasteiger partial charge on any atom is 0.433 e. The maximum absolute atomic E-state index is 13.0. The van der Waals surface area contributed by atoms with Crippen molar-refractivity contribution in [2.75, 3.05) is 10.6 Å². The molecule has 0 aliphatic heterocycles. The number of nitrogens with one attached hydrogen (secondary N) is 3. The van der Waals surface area contributed by atoms with Crippen LogP contribution in [-0.4, -0.2) is 30.8 Å². The molecule has 0 unspecified atom stereocenters. The fraction of sp³-hybridized carbons (Fsp3) is 0.150. The Morgan fingerprint density at radius 2 is 1.97 bits per heavy atom. The molecule has 0 saturated carbocycles. The first kappa shape index (κ1) is 20.3. The Labute approximate surface area is 174 Å². The van der Waals surface area contributed by atoms with Crippen LogP contribution in [0.5, 0.6) is 0 Å². The summed E-state index contributed by atoms with van der Waals surface area (Å²) >= 11 is 0. The molecule has 0 fully saturated rings. The van der Waals surface area contributed by atoms with Gasteiger partial charge in [-0.3, -0.25) is 4.79 Å². The van der Waals surface area contributed by atoms with Gasteiger partial charge in [-0.25, -0.2) is 19.9 Å². The second-order valence-electron chi connectivity index (χ2n) is 6.50. The Morgan fingerprint density at radius 1 is 1.13 bits per heavy atom. The van der Waals surface area contributed by atoms with Gasteiger partial charge >= 0.3 is 6.18 Å². The monoisotopic (exact) mass is 427 g/mol. The number of amides is 1. The van der Waals surface area contributed by atoms with Gasteiger partial charge in [0.05, 0.1) is 5.39 Å². The summed E-state index contributed by atoms with van der Waals surface area (Å²) in [5.74, 6) is 0.560. The van der Waals surface area contributed by atoms with Crippen molar-refractivity contribution in [3.8, 4) is 11.5 Å². The van der Waals surface area contributed by atoms with E-state index in [2.05, 4.69) is 35.6 Å². The Morgan fingerprint density at radius 3 is 2.74 bits per heavy atom. The van der Waals surface area contributed by atoms with Gasteiger partial charge in [0.25, 0.3) is 0 Å². The number of carbonyl (C=O) groups is 1. The van der Waals surface area contributed by atoms with Crippen LogP contribution in [0, 0.1) is 0 Å². The van der Waals surface area contributed by atoms with E-state index in [0.717, 1.165) is 6.07 Å². The van der Waals surface area contributed by atoms with E-state index in [-0.39, 0.29) is 17.4 Å². The van der Waals surface area contributed by atoms with Crippen molar-refractivity contribution in [1.29, 1.82) is 0 Å². The summed E-state index contributed by atoms with van der Waals surface area (Å²) in [6.07, 6.45) is -1.11. The highest BCUT2D eigenvalue weighted by atomic mass is 19.4. The van der Waals surface area contributed by atoms with Crippen molar-refractivity contribution in [3.63, 3.8) is 0 Å². The first-order valence-corrected chi connectivity index (χ1v) is 9.26. The lowest BCUT2D eigenvalue weighted by molar-refractivity contribution is -0.141. The number of fused-ring (bicyclic) bond motifs is 1. The van der Waals surface area contributed by atoms with Gasteiger partial charge in [0.2, 0.25) is 5.91 Å². The van der Waals surface area contributed by atoms with Crippen molar-refractivity contribution < 1.29 is 18.0 Å². The maximum atomic E-state index is 13.0. The molecular formula is C20H16F3N7O. The predicted octanol–water partition coefficient (Wildman–Crippen LogP) is 4.53. The first-order chi connectivity index (χ1) is 14.8. The van der Waals surface area contributed by atoms with E-state index in [4.69, 9.17) is 0 Å². The molecule has 0 aromatic carbocycles. The lowest BCUT2D eigenvalue weighted by atomic mass is 10.2. The number of carbonyl (C=O) groups excluding carboxylic acids is 1. The van der Waals surface area contributed by atoms with Gasteiger partial charge in [0.15, 0.2) is 5.82 Å². The fourth-order valence-electron chi connectivity index (χ4n) is 2.81. The smallest absolute Gasteiger partial charge is 0.346 e. The largest absolute Gasteiger partial charge is 0.433 e. The minimum atomic E-state index is -4.58. The van der Waals surface area contributed by atoms with Crippen LogP contribution < -0.4 is 10.6 Å². The van der Waals surface area contributed by atoms with Gasteiger partial charge in [-0.15, -0.1) is 0 Å². The summed E-state index contributed by atoms with van der Waals surface area (Å²) in [5.41, 5.74) is -0.0361.